The third-order valence-corrected chi connectivity index (χ3v) is 5.20. The molecule has 148 valence electrons. The fourth-order valence-corrected chi connectivity index (χ4v) is 3.66. The van der Waals surface area contributed by atoms with E-state index >= 15 is 0 Å². The minimum atomic E-state index is -0.173. The van der Waals surface area contributed by atoms with Crippen molar-refractivity contribution in [2.45, 2.75) is 0 Å². The summed E-state index contributed by atoms with van der Waals surface area (Å²) in [5.74, 6) is 0.570. The molecule has 0 unspecified atom stereocenters. The van der Waals surface area contributed by atoms with E-state index in [1.54, 1.807) is 46.2 Å². The Morgan fingerprint density at radius 3 is 2.00 bits per heavy atom. The average Bonchev–Trinajstić information content (AvgIpc) is 2.72. The van der Waals surface area contributed by atoms with Crippen molar-refractivity contribution >= 4 is 35.0 Å². The van der Waals surface area contributed by atoms with Crippen LogP contribution >= 0.6 is 23.2 Å². The minimum Gasteiger partial charge on any atom is -0.493 e. The summed E-state index contributed by atoms with van der Waals surface area (Å²) in [4.78, 5) is 29.0. The molecule has 1 aliphatic rings. The van der Waals surface area contributed by atoms with Crippen molar-refractivity contribution in [1.82, 2.24) is 9.80 Å². The van der Waals surface area contributed by atoms with Crippen LogP contribution in [0.1, 0.15) is 20.7 Å². The van der Waals surface area contributed by atoms with Gasteiger partial charge in [-0.3, -0.25) is 9.59 Å². The first-order valence-electron chi connectivity index (χ1n) is 8.71. The number of hydrogen-bond acceptors (Lipinski definition) is 4. The molecule has 2 aromatic carbocycles. The quantitative estimate of drug-likeness (QED) is 0.754. The molecular weight excluding hydrogens is 403 g/mol. The molecule has 0 saturated carbocycles. The summed E-state index contributed by atoms with van der Waals surface area (Å²) in [5.41, 5.74) is 0.836. The molecule has 1 saturated heterocycles. The van der Waals surface area contributed by atoms with Gasteiger partial charge in [0, 0.05) is 31.2 Å². The van der Waals surface area contributed by atoms with E-state index in [2.05, 4.69) is 0 Å². The molecule has 6 nitrogen and oxygen atoms in total. The molecule has 1 aliphatic heterocycles. The largest absolute Gasteiger partial charge is 0.493 e. The number of carbonyl (C=O) groups is 2. The number of halogens is 2. The lowest BCUT2D eigenvalue weighted by molar-refractivity contribution is 0.0533. The Morgan fingerprint density at radius 1 is 0.857 bits per heavy atom. The lowest BCUT2D eigenvalue weighted by Gasteiger charge is -2.35. The maximum atomic E-state index is 12.9. The van der Waals surface area contributed by atoms with E-state index in [-0.39, 0.29) is 11.8 Å². The Kier molecular flexibility index (Phi) is 6.31. The van der Waals surface area contributed by atoms with Crippen molar-refractivity contribution < 1.29 is 19.1 Å². The van der Waals surface area contributed by atoms with E-state index in [4.69, 9.17) is 32.7 Å². The number of ether oxygens (including phenoxy) is 2. The van der Waals surface area contributed by atoms with Crippen LogP contribution in [0.25, 0.3) is 0 Å². The van der Waals surface area contributed by atoms with Crippen LogP contribution < -0.4 is 9.47 Å². The third-order valence-electron chi connectivity index (χ3n) is 4.65. The van der Waals surface area contributed by atoms with Crippen molar-refractivity contribution in [3.8, 4) is 11.5 Å². The topological polar surface area (TPSA) is 59.1 Å². The highest BCUT2D eigenvalue weighted by Gasteiger charge is 2.28. The van der Waals surface area contributed by atoms with Gasteiger partial charge in [0.15, 0.2) is 11.5 Å². The van der Waals surface area contributed by atoms with Crippen LogP contribution in [-0.4, -0.2) is 62.0 Å². The summed E-state index contributed by atoms with van der Waals surface area (Å²) in [7, 11) is 3.03. The molecule has 0 bridgehead atoms. The maximum absolute atomic E-state index is 12.9. The van der Waals surface area contributed by atoms with Gasteiger partial charge in [0.05, 0.1) is 30.4 Å². The maximum Gasteiger partial charge on any atom is 0.257 e. The Labute approximate surface area is 173 Å². The fraction of sp³-hybridized carbons (Fsp3) is 0.300. The number of nitrogens with zero attached hydrogens (tertiary/aromatic N) is 2. The normalized spacial score (nSPS) is 14.0. The van der Waals surface area contributed by atoms with Gasteiger partial charge in [0.25, 0.3) is 11.8 Å². The number of methoxy groups -OCH3 is 2. The first kappa shape index (κ1) is 20.3. The number of carbonyl (C=O) groups excluding carboxylic acids is 2. The number of amides is 2. The second-order valence-electron chi connectivity index (χ2n) is 6.25. The van der Waals surface area contributed by atoms with Crippen LogP contribution in [0.5, 0.6) is 11.5 Å². The first-order chi connectivity index (χ1) is 13.5. The van der Waals surface area contributed by atoms with Crippen molar-refractivity contribution in [3.05, 3.63) is 57.6 Å². The summed E-state index contributed by atoms with van der Waals surface area (Å²) in [6, 6.07) is 9.99. The molecule has 1 fully saturated rings. The highest BCUT2D eigenvalue weighted by atomic mass is 35.5. The summed E-state index contributed by atoms with van der Waals surface area (Å²) in [5, 5.41) is 0.793. The molecule has 2 aromatic rings. The van der Waals surface area contributed by atoms with Crippen molar-refractivity contribution in [2.24, 2.45) is 0 Å². The van der Waals surface area contributed by atoms with Crippen molar-refractivity contribution in [2.75, 3.05) is 40.4 Å². The minimum absolute atomic E-state index is 0.160. The van der Waals surface area contributed by atoms with E-state index in [0.717, 1.165) is 0 Å². The zero-order valence-electron chi connectivity index (χ0n) is 15.6. The average molecular weight is 423 g/mol. The Balaban J connectivity index is 1.70. The number of piperazine rings is 1. The van der Waals surface area contributed by atoms with E-state index < -0.39 is 0 Å². The van der Waals surface area contributed by atoms with Gasteiger partial charge in [-0.2, -0.15) is 0 Å². The van der Waals surface area contributed by atoms with Crippen molar-refractivity contribution in [3.63, 3.8) is 0 Å². The lowest BCUT2D eigenvalue weighted by atomic mass is 10.1. The predicted octanol–water partition coefficient (Wildman–Crippen LogP) is 3.61. The van der Waals surface area contributed by atoms with Gasteiger partial charge in [-0.1, -0.05) is 29.3 Å². The fourth-order valence-electron chi connectivity index (χ4n) is 3.17. The van der Waals surface area contributed by atoms with E-state index in [9.17, 15) is 9.59 Å². The van der Waals surface area contributed by atoms with Crippen LogP contribution in [0.15, 0.2) is 36.4 Å². The van der Waals surface area contributed by atoms with E-state index in [1.807, 2.05) is 0 Å². The van der Waals surface area contributed by atoms with Gasteiger partial charge >= 0.3 is 0 Å². The summed E-state index contributed by atoms with van der Waals surface area (Å²) < 4.78 is 10.6. The second-order valence-corrected chi connectivity index (χ2v) is 7.09. The van der Waals surface area contributed by atoms with Crippen LogP contribution in [0.3, 0.4) is 0 Å². The number of hydrogen-bond donors (Lipinski definition) is 0. The molecule has 0 aromatic heterocycles. The molecule has 0 spiro atoms. The van der Waals surface area contributed by atoms with Gasteiger partial charge in [-0.25, -0.2) is 0 Å². The Hall–Kier alpha value is -2.44. The molecule has 0 N–H and O–H groups in total. The van der Waals surface area contributed by atoms with Crippen LogP contribution in [0.4, 0.5) is 0 Å². The number of para-hydroxylation sites is 1. The van der Waals surface area contributed by atoms with Crippen LogP contribution in [0, 0.1) is 0 Å². The third kappa shape index (κ3) is 4.03. The number of benzene rings is 2. The Morgan fingerprint density at radius 2 is 1.46 bits per heavy atom. The molecule has 28 heavy (non-hydrogen) atoms. The molecule has 2 amide bonds. The van der Waals surface area contributed by atoms with Gasteiger partial charge in [0.2, 0.25) is 0 Å². The van der Waals surface area contributed by atoms with Crippen molar-refractivity contribution in [1.29, 1.82) is 0 Å². The SMILES string of the molecule is COc1cccc(C(=O)N2CCN(C(=O)c3ccc(Cl)cc3Cl)CC2)c1OC. The summed E-state index contributed by atoms with van der Waals surface area (Å²) >= 11 is 12.0. The zero-order valence-corrected chi connectivity index (χ0v) is 17.1. The smallest absolute Gasteiger partial charge is 0.257 e. The Bertz CT molecular complexity index is 896. The molecule has 0 atom stereocenters. The standard InChI is InChI=1S/C20H20Cl2N2O4/c1-27-17-5-3-4-15(18(17)28-2)20(26)24-10-8-23(9-11-24)19(25)14-7-6-13(21)12-16(14)22/h3-7,12H,8-11H2,1-2H3. The lowest BCUT2D eigenvalue weighted by Crippen LogP contribution is -2.50. The monoisotopic (exact) mass is 422 g/mol. The van der Waals surface area contributed by atoms with Gasteiger partial charge < -0.3 is 19.3 Å². The van der Waals surface area contributed by atoms with Gasteiger partial charge in [0.1, 0.15) is 0 Å². The molecule has 8 heteroatoms. The van der Waals surface area contributed by atoms with Crippen LogP contribution in [-0.2, 0) is 0 Å². The van der Waals surface area contributed by atoms with Gasteiger partial charge in [-0.05, 0) is 30.3 Å². The zero-order chi connectivity index (χ0) is 20.3. The van der Waals surface area contributed by atoms with Crippen LogP contribution in [0.2, 0.25) is 10.0 Å². The second kappa shape index (κ2) is 8.71. The van der Waals surface area contributed by atoms with Gasteiger partial charge in [-0.15, -0.1) is 0 Å². The highest BCUT2D eigenvalue weighted by Crippen LogP contribution is 2.31. The summed E-state index contributed by atoms with van der Waals surface area (Å²) in [6.45, 7) is 1.65. The molecular formula is C20H20Cl2N2O4. The first-order valence-corrected chi connectivity index (χ1v) is 9.46. The molecule has 3 rings (SSSR count). The summed E-state index contributed by atoms with van der Waals surface area (Å²) in [6.07, 6.45) is 0. The van der Waals surface area contributed by atoms with E-state index in [0.29, 0.717) is 58.9 Å². The molecule has 1 heterocycles. The molecule has 0 radical (unpaired) electrons. The predicted molar refractivity (Wildman–Crippen MR) is 108 cm³/mol. The molecule has 0 aliphatic carbocycles. The number of rotatable bonds is 4. The highest BCUT2D eigenvalue weighted by molar-refractivity contribution is 6.36. The van der Waals surface area contributed by atoms with E-state index in [1.165, 1.54) is 14.2 Å².